The number of nitrogens with zero attached hydrogens (tertiary/aromatic N) is 2. The average molecular weight is 482 g/mol. The van der Waals surface area contributed by atoms with Gasteiger partial charge in [-0.05, 0) is 44.0 Å². The summed E-state index contributed by atoms with van der Waals surface area (Å²) in [5, 5.41) is 6.67. The second-order valence-corrected chi connectivity index (χ2v) is 7.14. The highest BCUT2D eigenvalue weighted by Gasteiger charge is 2.10. The summed E-state index contributed by atoms with van der Waals surface area (Å²) in [6.07, 6.45) is 2.68. The van der Waals surface area contributed by atoms with Crippen molar-refractivity contribution >= 4 is 29.9 Å². The first kappa shape index (κ1) is 23.4. The molecule has 0 fully saturated rings. The van der Waals surface area contributed by atoms with Crippen molar-refractivity contribution in [3.63, 3.8) is 0 Å². The fourth-order valence-corrected chi connectivity index (χ4v) is 2.39. The summed E-state index contributed by atoms with van der Waals surface area (Å²) in [6, 6.07) is 14.4. The Morgan fingerprint density at radius 3 is 2.52 bits per heavy atom. The van der Waals surface area contributed by atoms with Crippen LogP contribution in [0.2, 0.25) is 0 Å². The lowest BCUT2D eigenvalue weighted by molar-refractivity contribution is -0.0149. The van der Waals surface area contributed by atoms with E-state index >= 15 is 0 Å². The number of nitrogens with one attached hydrogen (secondary N) is 2. The van der Waals surface area contributed by atoms with Gasteiger partial charge in [-0.3, -0.25) is 9.98 Å². The maximum Gasteiger partial charge on any atom is 0.191 e. The number of benzene rings is 1. The Morgan fingerprint density at radius 1 is 1.07 bits per heavy atom. The third-order valence-corrected chi connectivity index (χ3v) is 3.75. The highest BCUT2D eigenvalue weighted by Crippen LogP contribution is 2.13. The lowest BCUT2D eigenvalue weighted by Crippen LogP contribution is -2.37. The van der Waals surface area contributed by atoms with Gasteiger partial charge in [0.1, 0.15) is 0 Å². The Balaban J connectivity index is 0.00000364. The molecule has 0 bridgehead atoms. The summed E-state index contributed by atoms with van der Waals surface area (Å²) in [4.78, 5) is 8.60. The predicted octanol–water partition coefficient (Wildman–Crippen LogP) is 3.92. The fourth-order valence-electron chi connectivity index (χ4n) is 2.39. The Hall–Kier alpha value is -1.67. The second kappa shape index (κ2) is 11.9. The molecule has 0 spiro atoms. The Labute approximate surface area is 180 Å². The van der Waals surface area contributed by atoms with E-state index in [2.05, 4.69) is 65.6 Å². The van der Waals surface area contributed by atoms with Crippen molar-refractivity contribution < 1.29 is 4.74 Å². The number of rotatable bonds is 7. The molecule has 5 nitrogen and oxygen atoms in total. The third-order valence-electron chi connectivity index (χ3n) is 3.75. The second-order valence-electron chi connectivity index (χ2n) is 7.14. The SMILES string of the molecule is CN=C(NCCc1ccccn1)NCc1cccc(COC(C)(C)C)c1.I. The fraction of sp³-hybridized carbons (Fsp3) is 0.429. The quantitative estimate of drug-likeness (QED) is 0.357. The number of guanidine groups is 1. The highest BCUT2D eigenvalue weighted by molar-refractivity contribution is 14.0. The predicted molar refractivity (Wildman–Crippen MR) is 123 cm³/mol. The molecule has 0 amide bonds. The first-order valence-electron chi connectivity index (χ1n) is 9.02. The van der Waals surface area contributed by atoms with Gasteiger partial charge >= 0.3 is 0 Å². The molecular weight excluding hydrogens is 451 g/mol. The molecule has 1 aromatic carbocycles. The number of hydrogen-bond donors (Lipinski definition) is 2. The molecule has 2 N–H and O–H groups in total. The number of aliphatic imine (C=N–C) groups is 1. The van der Waals surface area contributed by atoms with Crippen LogP contribution in [-0.2, 0) is 24.3 Å². The molecular formula is C21H31IN4O. The molecule has 6 heteroatoms. The monoisotopic (exact) mass is 482 g/mol. The van der Waals surface area contributed by atoms with E-state index in [0.717, 1.165) is 24.6 Å². The summed E-state index contributed by atoms with van der Waals surface area (Å²) >= 11 is 0. The molecule has 0 aliphatic rings. The molecule has 2 rings (SSSR count). The van der Waals surface area contributed by atoms with Crippen LogP contribution in [-0.4, -0.2) is 30.1 Å². The topological polar surface area (TPSA) is 58.5 Å². The lowest BCUT2D eigenvalue weighted by Gasteiger charge is -2.19. The minimum Gasteiger partial charge on any atom is -0.371 e. The van der Waals surface area contributed by atoms with Gasteiger partial charge in [-0.1, -0.05) is 30.3 Å². The molecule has 0 saturated heterocycles. The van der Waals surface area contributed by atoms with E-state index in [1.165, 1.54) is 11.1 Å². The van der Waals surface area contributed by atoms with E-state index in [1.807, 2.05) is 24.4 Å². The van der Waals surface area contributed by atoms with Crippen molar-refractivity contribution in [2.45, 2.75) is 45.9 Å². The van der Waals surface area contributed by atoms with Crippen LogP contribution in [0.25, 0.3) is 0 Å². The average Bonchev–Trinajstić information content (AvgIpc) is 2.63. The zero-order chi connectivity index (χ0) is 18.8. The number of aromatic nitrogens is 1. The van der Waals surface area contributed by atoms with Gasteiger partial charge in [-0.25, -0.2) is 0 Å². The Morgan fingerprint density at radius 2 is 1.85 bits per heavy atom. The summed E-state index contributed by atoms with van der Waals surface area (Å²) in [6.45, 7) is 8.33. The van der Waals surface area contributed by atoms with Crippen molar-refractivity contribution in [3.8, 4) is 0 Å². The van der Waals surface area contributed by atoms with Gasteiger partial charge in [0.25, 0.3) is 0 Å². The largest absolute Gasteiger partial charge is 0.371 e. The van der Waals surface area contributed by atoms with Crippen LogP contribution in [0.15, 0.2) is 53.7 Å². The van der Waals surface area contributed by atoms with Crippen molar-refractivity contribution in [1.29, 1.82) is 0 Å². The third kappa shape index (κ3) is 9.72. The van der Waals surface area contributed by atoms with Crippen LogP contribution in [0.3, 0.4) is 0 Å². The molecule has 0 unspecified atom stereocenters. The molecule has 148 valence electrons. The van der Waals surface area contributed by atoms with Crippen LogP contribution in [0, 0.1) is 0 Å². The summed E-state index contributed by atoms with van der Waals surface area (Å²) in [5.41, 5.74) is 3.32. The number of pyridine rings is 1. The molecule has 0 aliphatic carbocycles. The minimum atomic E-state index is -0.131. The molecule has 0 radical (unpaired) electrons. The van der Waals surface area contributed by atoms with Gasteiger partial charge in [0, 0.05) is 38.4 Å². The molecule has 1 aromatic heterocycles. The first-order valence-corrected chi connectivity index (χ1v) is 9.02. The number of halogens is 1. The Bertz CT molecular complexity index is 699. The van der Waals surface area contributed by atoms with Gasteiger partial charge < -0.3 is 15.4 Å². The van der Waals surface area contributed by atoms with Crippen LogP contribution in [0.1, 0.15) is 37.6 Å². The van der Waals surface area contributed by atoms with Crippen LogP contribution in [0.5, 0.6) is 0 Å². The first-order chi connectivity index (χ1) is 12.5. The van der Waals surface area contributed by atoms with Gasteiger partial charge in [-0.2, -0.15) is 0 Å². The normalized spacial score (nSPS) is 11.6. The Kier molecular flexibility index (Phi) is 10.3. The zero-order valence-corrected chi connectivity index (χ0v) is 19.0. The van der Waals surface area contributed by atoms with E-state index in [-0.39, 0.29) is 29.6 Å². The minimum absolute atomic E-state index is 0. The molecule has 0 atom stereocenters. The zero-order valence-electron chi connectivity index (χ0n) is 16.7. The summed E-state index contributed by atoms with van der Waals surface area (Å²) in [7, 11) is 1.78. The molecule has 2 aromatic rings. The van der Waals surface area contributed by atoms with Gasteiger partial charge in [0.05, 0.1) is 12.2 Å². The van der Waals surface area contributed by atoms with Crippen molar-refractivity contribution in [2.75, 3.05) is 13.6 Å². The summed E-state index contributed by atoms with van der Waals surface area (Å²) < 4.78 is 5.85. The van der Waals surface area contributed by atoms with Crippen molar-refractivity contribution in [3.05, 3.63) is 65.5 Å². The van der Waals surface area contributed by atoms with Gasteiger partial charge in [-0.15, -0.1) is 24.0 Å². The maximum atomic E-state index is 5.85. The summed E-state index contributed by atoms with van der Waals surface area (Å²) in [5.74, 6) is 0.789. The van der Waals surface area contributed by atoms with Gasteiger partial charge in [0.15, 0.2) is 5.96 Å². The van der Waals surface area contributed by atoms with E-state index in [1.54, 1.807) is 7.05 Å². The van der Waals surface area contributed by atoms with Crippen LogP contribution in [0.4, 0.5) is 0 Å². The van der Waals surface area contributed by atoms with Crippen LogP contribution >= 0.6 is 24.0 Å². The van der Waals surface area contributed by atoms with E-state index < -0.39 is 0 Å². The molecule has 0 saturated carbocycles. The number of ether oxygens (including phenoxy) is 1. The molecule has 1 heterocycles. The maximum absolute atomic E-state index is 5.85. The van der Waals surface area contributed by atoms with E-state index in [4.69, 9.17) is 4.74 Å². The lowest BCUT2D eigenvalue weighted by atomic mass is 10.1. The van der Waals surface area contributed by atoms with E-state index in [0.29, 0.717) is 13.2 Å². The molecule has 0 aliphatic heterocycles. The highest BCUT2D eigenvalue weighted by atomic mass is 127. The smallest absolute Gasteiger partial charge is 0.191 e. The van der Waals surface area contributed by atoms with Crippen LogP contribution < -0.4 is 10.6 Å². The molecule has 27 heavy (non-hydrogen) atoms. The number of hydrogen-bond acceptors (Lipinski definition) is 3. The van der Waals surface area contributed by atoms with E-state index in [9.17, 15) is 0 Å². The van der Waals surface area contributed by atoms with Gasteiger partial charge in [0.2, 0.25) is 0 Å². The van der Waals surface area contributed by atoms with Crippen molar-refractivity contribution in [2.24, 2.45) is 4.99 Å². The standard InChI is InChI=1S/C21H30N4O.HI/c1-21(2,3)26-16-18-9-7-8-17(14-18)15-25-20(22-4)24-13-11-19-10-5-6-12-23-19;/h5-10,12,14H,11,13,15-16H2,1-4H3,(H2,22,24,25);1H. The van der Waals surface area contributed by atoms with Crippen molar-refractivity contribution in [1.82, 2.24) is 15.6 Å².